The van der Waals surface area contributed by atoms with Gasteiger partial charge in [-0.15, -0.1) is 0 Å². The van der Waals surface area contributed by atoms with Crippen LogP contribution in [0.2, 0.25) is 0 Å². The zero-order valence-electron chi connectivity index (χ0n) is 12.9. The predicted molar refractivity (Wildman–Crippen MR) is 73.4 cm³/mol. The summed E-state index contributed by atoms with van der Waals surface area (Å²) in [4.78, 5) is 24.0. The zero-order chi connectivity index (χ0) is 15.4. The number of methoxy groups -OCH3 is 2. The van der Waals surface area contributed by atoms with Crippen molar-refractivity contribution < 1.29 is 23.8 Å². The van der Waals surface area contributed by atoms with Crippen LogP contribution >= 0.6 is 0 Å². The molecule has 0 atom stereocenters. The molecule has 1 aliphatic rings. The highest BCUT2D eigenvalue weighted by Crippen LogP contribution is 2.31. The highest BCUT2D eigenvalue weighted by molar-refractivity contribution is 5.86. The third-order valence-electron chi connectivity index (χ3n) is 3.44. The maximum absolute atomic E-state index is 12.1. The summed E-state index contributed by atoms with van der Waals surface area (Å²) in [6.07, 6.45) is 1.88. The molecule has 0 aromatic heterocycles. The SMILES string of the molecule is COC(=O)C1(NC(=O)OC(C)(C)C)CCC(OC)CC1. The first-order valence-corrected chi connectivity index (χ1v) is 6.85. The van der Waals surface area contributed by atoms with E-state index in [4.69, 9.17) is 14.2 Å². The van der Waals surface area contributed by atoms with E-state index < -0.39 is 23.2 Å². The van der Waals surface area contributed by atoms with Crippen LogP contribution in [0.25, 0.3) is 0 Å². The maximum atomic E-state index is 12.1. The first kappa shape index (κ1) is 16.8. The molecule has 6 nitrogen and oxygen atoms in total. The highest BCUT2D eigenvalue weighted by Gasteiger charge is 2.45. The molecule has 1 amide bonds. The Morgan fingerprint density at radius 3 is 2.10 bits per heavy atom. The van der Waals surface area contributed by atoms with Crippen molar-refractivity contribution in [3.05, 3.63) is 0 Å². The van der Waals surface area contributed by atoms with Crippen molar-refractivity contribution in [2.24, 2.45) is 0 Å². The molecule has 0 saturated heterocycles. The second-order valence-electron chi connectivity index (χ2n) is 6.14. The molecule has 0 bridgehead atoms. The summed E-state index contributed by atoms with van der Waals surface area (Å²) in [5.41, 5.74) is -1.61. The van der Waals surface area contributed by atoms with Gasteiger partial charge in [-0.1, -0.05) is 0 Å². The number of ether oxygens (including phenoxy) is 3. The number of esters is 1. The van der Waals surface area contributed by atoms with E-state index in [-0.39, 0.29) is 6.10 Å². The molecule has 0 aliphatic heterocycles. The Labute approximate surface area is 120 Å². The Kier molecular flexibility index (Phi) is 5.39. The van der Waals surface area contributed by atoms with Crippen LogP contribution in [0, 0.1) is 0 Å². The van der Waals surface area contributed by atoms with Crippen LogP contribution in [0.15, 0.2) is 0 Å². The summed E-state index contributed by atoms with van der Waals surface area (Å²) in [5.74, 6) is -0.432. The van der Waals surface area contributed by atoms with Crippen molar-refractivity contribution in [3.8, 4) is 0 Å². The number of hydrogen-bond acceptors (Lipinski definition) is 5. The van der Waals surface area contributed by atoms with Crippen molar-refractivity contribution in [3.63, 3.8) is 0 Å². The van der Waals surface area contributed by atoms with Gasteiger partial charge in [0.1, 0.15) is 11.1 Å². The second kappa shape index (κ2) is 6.43. The predicted octanol–water partition coefficient (Wildman–Crippen LogP) is 2.01. The number of rotatable bonds is 3. The van der Waals surface area contributed by atoms with Crippen molar-refractivity contribution in [2.45, 2.75) is 63.7 Å². The zero-order valence-corrected chi connectivity index (χ0v) is 12.9. The number of carbonyl (C=O) groups is 2. The van der Waals surface area contributed by atoms with E-state index in [0.717, 1.165) is 0 Å². The molecule has 0 aromatic rings. The summed E-state index contributed by atoms with van der Waals surface area (Å²) in [6, 6.07) is 0. The number of alkyl carbamates (subject to hydrolysis) is 1. The van der Waals surface area contributed by atoms with Crippen LogP contribution in [0.1, 0.15) is 46.5 Å². The molecule has 1 fully saturated rings. The van der Waals surface area contributed by atoms with Gasteiger partial charge in [-0.2, -0.15) is 0 Å². The van der Waals surface area contributed by atoms with Gasteiger partial charge in [0.2, 0.25) is 0 Å². The van der Waals surface area contributed by atoms with Gasteiger partial charge in [-0.25, -0.2) is 9.59 Å². The maximum Gasteiger partial charge on any atom is 0.408 e. The standard InChI is InChI=1S/C14H25NO5/c1-13(2,3)20-12(17)15-14(11(16)19-5)8-6-10(18-4)7-9-14/h10H,6-9H2,1-5H3,(H,15,17). The molecule has 0 spiro atoms. The Balaban J connectivity index is 2.76. The van der Waals surface area contributed by atoms with E-state index in [2.05, 4.69) is 5.32 Å². The Morgan fingerprint density at radius 2 is 1.70 bits per heavy atom. The topological polar surface area (TPSA) is 73.9 Å². The molecular weight excluding hydrogens is 262 g/mol. The van der Waals surface area contributed by atoms with Crippen LogP contribution in [0.3, 0.4) is 0 Å². The monoisotopic (exact) mass is 287 g/mol. The summed E-state index contributed by atoms with van der Waals surface area (Å²) in [6.45, 7) is 5.33. The van der Waals surface area contributed by atoms with Gasteiger partial charge < -0.3 is 19.5 Å². The van der Waals surface area contributed by atoms with E-state index in [9.17, 15) is 9.59 Å². The van der Waals surface area contributed by atoms with Crippen molar-refractivity contribution in [1.29, 1.82) is 0 Å². The molecular formula is C14H25NO5. The molecule has 1 N–H and O–H groups in total. The smallest absolute Gasteiger partial charge is 0.408 e. The van der Waals surface area contributed by atoms with Crippen LogP contribution in [0.5, 0.6) is 0 Å². The van der Waals surface area contributed by atoms with Gasteiger partial charge in [0.05, 0.1) is 13.2 Å². The van der Waals surface area contributed by atoms with Crippen LogP contribution < -0.4 is 5.32 Å². The first-order chi connectivity index (χ1) is 9.22. The molecule has 20 heavy (non-hydrogen) atoms. The third-order valence-corrected chi connectivity index (χ3v) is 3.44. The molecule has 6 heteroatoms. The molecule has 0 unspecified atom stereocenters. The Bertz CT molecular complexity index is 353. The fourth-order valence-corrected chi connectivity index (χ4v) is 2.39. The molecule has 0 radical (unpaired) electrons. The average molecular weight is 287 g/mol. The fraction of sp³-hybridized carbons (Fsp3) is 0.857. The minimum atomic E-state index is -1.01. The largest absolute Gasteiger partial charge is 0.467 e. The molecule has 1 rings (SSSR count). The third kappa shape index (κ3) is 4.37. The summed E-state index contributed by atoms with van der Waals surface area (Å²) < 4.78 is 15.4. The molecule has 0 aromatic carbocycles. The lowest BCUT2D eigenvalue weighted by atomic mass is 9.80. The van der Waals surface area contributed by atoms with Gasteiger partial charge in [-0.05, 0) is 46.5 Å². The quantitative estimate of drug-likeness (QED) is 0.804. The minimum absolute atomic E-state index is 0.119. The summed E-state index contributed by atoms with van der Waals surface area (Å²) in [5, 5.41) is 2.69. The average Bonchev–Trinajstić information content (AvgIpc) is 2.36. The first-order valence-electron chi connectivity index (χ1n) is 6.85. The lowest BCUT2D eigenvalue weighted by molar-refractivity contribution is -0.151. The van der Waals surface area contributed by atoms with Crippen LogP contribution in [0.4, 0.5) is 4.79 Å². The van der Waals surface area contributed by atoms with E-state index in [1.165, 1.54) is 7.11 Å². The Morgan fingerprint density at radius 1 is 1.15 bits per heavy atom. The highest BCUT2D eigenvalue weighted by atomic mass is 16.6. The number of nitrogens with one attached hydrogen (secondary N) is 1. The van der Waals surface area contributed by atoms with E-state index in [0.29, 0.717) is 25.7 Å². The van der Waals surface area contributed by atoms with Gasteiger partial charge in [0, 0.05) is 7.11 Å². The summed E-state index contributed by atoms with van der Waals surface area (Å²) >= 11 is 0. The van der Waals surface area contributed by atoms with Crippen molar-refractivity contribution in [1.82, 2.24) is 5.32 Å². The van der Waals surface area contributed by atoms with Crippen LogP contribution in [-0.2, 0) is 19.0 Å². The molecule has 1 aliphatic carbocycles. The number of amides is 1. The van der Waals surface area contributed by atoms with Gasteiger partial charge in [-0.3, -0.25) is 0 Å². The minimum Gasteiger partial charge on any atom is -0.467 e. The van der Waals surface area contributed by atoms with Crippen LogP contribution in [-0.4, -0.2) is 43.5 Å². The van der Waals surface area contributed by atoms with E-state index >= 15 is 0 Å². The Hall–Kier alpha value is -1.30. The summed E-state index contributed by atoms with van der Waals surface area (Å²) in [7, 11) is 2.97. The van der Waals surface area contributed by atoms with Gasteiger partial charge in [0.15, 0.2) is 0 Å². The van der Waals surface area contributed by atoms with Gasteiger partial charge >= 0.3 is 12.1 Å². The lowest BCUT2D eigenvalue weighted by Crippen LogP contribution is -2.58. The molecule has 1 saturated carbocycles. The normalized spacial score (nSPS) is 26.8. The lowest BCUT2D eigenvalue weighted by Gasteiger charge is -2.38. The van der Waals surface area contributed by atoms with Crippen molar-refractivity contribution >= 4 is 12.1 Å². The van der Waals surface area contributed by atoms with Gasteiger partial charge in [0.25, 0.3) is 0 Å². The fourth-order valence-electron chi connectivity index (χ4n) is 2.39. The van der Waals surface area contributed by atoms with E-state index in [1.807, 2.05) is 0 Å². The number of hydrogen-bond donors (Lipinski definition) is 1. The van der Waals surface area contributed by atoms with E-state index in [1.54, 1.807) is 27.9 Å². The molecule has 116 valence electrons. The van der Waals surface area contributed by atoms with Crippen molar-refractivity contribution in [2.75, 3.05) is 14.2 Å². The second-order valence-corrected chi connectivity index (χ2v) is 6.14. The molecule has 0 heterocycles. The number of carbonyl (C=O) groups excluding carboxylic acids is 2.